The van der Waals surface area contributed by atoms with Gasteiger partial charge in [0.15, 0.2) is 5.76 Å². The predicted molar refractivity (Wildman–Crippen MR) is 82.4 cm³/mol. The molecule has 22 heavy (non-hydrogen) atoms. The smallest absolute Gasteiger partial charge is 0.286 e. The average Bonchev–Trinajstić information content (AvgIpc) is 3.09. The quantitative estimate of drug-likeness (QED) is 0.856. The van der Waals surface area contributed by atoms with Crippen LogP contribution in [0.3, 0.4) is 0 Å². The second kappa shape index (κ2) is 6.79. The normalized spacial score (nSPS) is 13.1. The highest BCUT2D eigenvalue weighted by Gasteiger charge is 2.22. The summed E-state index contributed by atoms with van der Waals surface area (Å²) in [7, 11) is 0. The van der Waals surface area contributed by atoms with E-state index in [4.69, 9.17) is 4.42 Å². The molecule has 2 heterocycles. The third-order valence-electron chi connectivity index (χ3n) is 3.47. The SMILES string of the molecule is CC(C)(C)[C@H](O)CCNC(=O)c1ccc(Cn2cccn2)o1. The van der Waals surface area contributed by atoms with Crippen molar-refractivity contribution in [2.24, 2.45) is 5.41 Å². The van der Waals surface area contributed by atoms with Crippen molar-refractivity contribution in [3.8, 4) is 0 Å². The number of aliphatic hydroxyl groups excluding tert-OH is 1. The number of amides is 1. The number of nitrogens with zero attached hydrogens (tertiary/aromatic N) is 2. The Bertz CT molecular complexity index is 596. The zero-order chi connectivity index (χ0) is 16.2. The van der Waals surface area contributed by atoms with Crippen molar-refractivity contribution in [2.45, 2.75) is 39.8 Å². The minimum absolute atomic E-state index is 0.188. The van der Waals surface area contributed by atoms with Crippen LogP contribution < -0.4 is 5.32 Å². The van der Waals surface area contributed by atoms with Crippen molar-refractivity contribution in [3.63, 3.8) is 0 Å². The number of aliphatic hydroxyl groups is 1. The molecule has 0 bridgehead atoms. The van der Waals surface area contributed by atoms with E-state index in [0.717, 1.165) is 0 Å². The van der Waals surface area contributed by atoms with Crippen LogP contribution in [0.15, 0.2) is 35.0 Å². The van der Waals surface area contributed by atoms with Crippen molar-refractivity contribution >= 4 is 5.91 Å². The number of hydrogen-bond acceptors (Lipinski definition) is 4. The highest BCUT2D eigenvalue weighted by Crippen LogP contribution is 2.21. The summed E-state index contributed by atoms with van der Waals surface area (Å²) in [5.41, 5.74) is -0.188. The molecule has 0 saturated carbocycles. The molecule has 1 atom stereocenters. The minimum Gasteiger partial charge on any atom is -0.454 e. The maximum Gasteiger partial charge on any atom is 0.286 e. The third-order valence-corrected chi connectivity index (χ3v) is 3.47. The Morgan fingerprint density at radius 3 is 2.86 bits per heavy atom. The van der Waals surface area contributed by atoms with Gasteiger partial charge >= 0.3 is 0 Å². The molecular weight excluding hydrogens is 282 g/mol. The van der Waals surface area contributed by atoms with E-state index in [1.54, 1.807) is 23.0 Å². The molecule has 2 aromatic heterocycles. The molecule has 0 aromatic carbocycles. The van der Waals surface area contributed by atoms with Crippen LogP contribution >= 0.6 is 0 Å². The van der Waals surface area contributed by atoms with E-state index in [0.29, 0.717) is 25.3 Å². The standard InChI is InChI=1S/C16H23N3O3/c1-16(2,3)14(20)7-9-17-15(21)13-6-5-12(22-13)11-19-10-4-8-18-19/h4-6,8,10,14,20H,7,9,11H2,1-3H3,(H,17,21)/t14-/m1/s1. The van der Waals surface area contributed by atoms with Crippen molar-refractivity contribution in [1.29, 1.82) is 0 Å². The first-order valence-electron chi connectivity index (χ1n) is 7.38. The molecular formula is C16H23N3O3. The molecule has 2 rings (SSSR count). The molecule has 2 aromatic rings. The lowest BCUT2D eigenvalue weighted by atomic mass is 9.87. The van der Waals surface area contributed by atoms with Gasteiger partial charge in [-0.2, -0.15) is 5.10 Å². The molecule has 0 fully saturated rings. The van der Waals surface area contributed by atoms with E-state index in [9.17, 15) is 9.90 Å². The van der Waals surface area contributed by atoms with Gasteiger partial charge < -0.3 is 14.8 Å². The van der Waals surface area contributed by atoms with Crippen LogP contribution in [-0.4, -0.2) is 33.4 Å². The van der Waals surface area contributed by atoms with Gasteiger partial charge in [-0.05, 0) is 30.0 Å². The van der Waals surface area contributed by atoms with Gasteiger partial charge in [0.2, 0.25) is 0 Å². The van der Waals surface area contributed by atoms with Gasteiger partial charge in [0.1, 0.15) is 5.76 Å². The van der Waals surface area contributed by atoms with E-state index in [1.165, 1.54) is 0 Å². The van der Waals surface area contributed by atoms with E-state index in [-0.39, 0.29) is 17.1 Å². The van der Waals surface area contributed by atoms with E-state index in [2.05, 4.69) is 10.4 Å². The Labute approximate surface area is 130 Å². The number of rotatable bonds is 6. The van der Waals surface area contributed by atoms with Gasteiger partial charge in [-0.3, -0.25) is 9.48 Å². The van der Waals surface area contributed by atoms with Crippen LogP contribution in [0.4, 0.5) is 0 Å². The number of carbonyl (C=O) groups is 1. The highest BCUT2D eigenvalue weighted by atomic mass is 16.4. The summed E-state index contributed by atoms with van der Waals surface area (Å²) in [5.74, 6) is 0.670. The van der Waals surface area contributed by atoms with Gasteiger partial charge in [-0.25, -0.2) is 0 Å². The minimum atomic E-state index is -0.459. The molecule has 1 amide bonds. The fourth-order valence-corrected chi connectivity index (χ4v) is 1.98. The molecule has 6 heteroatoms. The molecule has 0 spiro atoms. The topological polar surface area (TPSA) is 80.3 Å². The summed E-state index contributed by atoms with van der Waals surface area (Å²) in [6.45, 7) is 6.80. The lowest BCUT2D eigenvalue weighted by Crippen LogP contribution is -2.32. The molecule has 0 aliphatic rings. The van der Waals surface area contributed by atoms with Gasteiger partial charge in [0, 0.05) is 18.9 Å². The molecule has 6 nitrogen and oxygen atoms in total. The van der Waals surface area contributed by atoms with Crippen molar-refractivity contribution in [2.75, 3.05) is 6.54 Å². The van der Waals surface area contributed by atoms with Crippen LogP contribution in [0.5, 0.6) is 0 Å². The summed E-state index contributed by atoms with van der Waals surface area (Å²) < 4.78 is 7.23. The summed E-state index contributed by atoms with van der Waals surface area (Å²) in [6.07, 6.45) is 3.57. The summed E-state index contributed by atoms with van der Waals surface area (Å²) in [5, 5.41) is 16.8. The summed E-state index contributed by atoms with van der Waals surface area (Å²) in [6, 6.07) is 5.24. The van der Waals surface area contributed by atoms with Gasteiger partial charge in [0.05, 0.1) is 12.6 Å². The van der Waals surface area contributed by atoms with Crippen LogP contribution in [0.1, 0.15) is 43.5 Å². The Kier molecular flexibility index (Phi) is 5.03. The summed E-state index contributed by atoms with van der Waals surface area (Å²) >= 11 is 0. The molecule has 0 radical (unpaired) electrons. The number of nitrogens with one attached hydrogen (secondary N) is 1. The lowest BCUT2D eigenvalue weighted by molar-refractivity contribution is 0.0549. The lowest BCUT2D eigenvalue weighted by Gasteiger charge is -2.25. The molecule has 0 aliphatic heterocycles. The maximum atomic E-state index is 12.0. The fourth-order valence-electron chi connectivity index (χ4n) is 1.98. The van der Waals surface area contributed by atoms with Crippen LogP contribution in [0.25, 0.3) is 0 Å². The number of furan rings is 1. The second-order valence-electron chi connectivity index (χ2n) is 6.40. The number of aromatic nitrogens is 2. The van der Waals surface area contributed by atoms with Gasteiger partial charge in [0.25, 0.3) is 5.91 Å². The van der Waals surface area contributed by atoms with Crippen LogP contribution in [-0.2, 0) is 6.54 Å². The highest BCUT2D eigenvalue weighted by molar-refractivity contribution is 5.91. The first-order chi connectivity index (χ1) is 10.4. The Morgan fingerprint density at radius 2 is 2.23 bits per heavy atom. The van der Waals surface area contributed by atoms with Crippen LogP contribution in [0.2, 0.25) is 0 Å². The Hall–Kier alpha value is -2.08. The monoisotopic (exact) mass is 305 g/mol. The molecule has 0 aliphatic carbocycles. The molecule has 0 unspecified atom stereocenters. The maximum absolute atomic E-state index is 12.0. The molecule has 0 saturated heterocycles. The van der Waals surface area contributed by atoms with Crippen LogP contribution in [0, 0.1) is 5.41 Å². The largest absolute Gasteiger partial charge is 0.454 e. The Balaban J connectivity index is 1.82. The first kappa shape index (κ1) is 16.3. The molecule has 2 N–H and O–H groups in total. The van der Waals surface area contributed by atoms with E-state index < -0.39 is 6.10 Å². The zero-order valence-corrected chi connectivity index (χ0v) is 13.2. The first-order valence-corrected chi connectivity index (χ1v) is 7.38. The number of hydrogen-bond donors (Lipinski definition) is 2. The van der Waals surface area contributed by atoms with E-state index >= 15 is 0 Å². The predicted octanol–water partition coefficient (Wildman–Crippen LogP) is 2.05. The second-order valence-corrected chi connectivity index (χ2v) is 6.40. The van der Waals surface area contributed by atoms with Gasteiger partial charge in [-0.1, -0.05) is 20.8 Å². The average molecular weight is 305 g/mol. The Morgan fingerprint density at radius 1 is 1.45 bits per heavy atom. The van der Waals surface area contributed by atoms with Crippen molar-refractivity contribution in [1.82, 2.24) is 15.1 Å². The fraction of sp³-hybridized carbons (Fsp3) is 0.500. The van der Waals surface area contributed by atoms with E-state index in [1.807, 2.05) is 33.0 Å². The van der Waals surface area contributed by atoms with Gasteiger partial charge in [-0.15, -0.1) is 0 Å². The van der Waals surface area contributed by atoms with Crippen molar-refractivity contribution < 1.29 is 14.3 Å². The molecule has 120 valence electrons. The zero-order valence-electron chi connectivity index (χ0n) is 13.2. The van der Waals surface area contributed by atoms with Crippen molar-refractivity contribution in [3.05, 3.63) is 42.1 Å². The number of carbonyl (C=O) groups excluding carboxylic acids is 1. The third kappa shape index (κ3) is 4.46. The summed E-state index contributed by atoms with van der Waals surface area (Å²) in [4.78, 5) is 12.0.